The molecule has 5 heterocycles. The summed E-state index contributed by atoms with van der Waals surface area (Å²) < 4.78 is 82.9. The van der Waals surface area contributed by atoms with Gasteiger partial charge in [0.2, 0.25) is 17.7 Å². The molecule has 0 fully saturated rings. The number of carbonyl (C=O) groups excluding carboxylic acids is 1. The first-order valence-electron chi connectivity index (χ1n) is 11.8. The summed E-state index contributed by atoms with van der Waals surface area (Å²) in [5.74, 6) is 0.0416. The van der Waals surface area contributed by atoms with Crippen LogP contribution in [0.4, 0.5) is 43.8 Å². The predicted octanol–water partition coefficient (Wildman–Crippen LogP) is 4.74. The van der Waals surface area contributed by atoms with E-state index in [1.807, 2.05) is 0 Å². The maximum Gasteiger partial charge on any atom is 0.433 e. The van der Waals surface area contributed by atoms with Gasteiger partial charge < -0.3 is 19.9 Å². The molecule has 0 bridgehead atoms. The van der Waals surface area contributed by atoms with E-state index in [1.165, 1.54) is 29.1 Å². The molecule has 1 N–H and O–H groups in total. The molecular weight excluding hydrogens is 532 g/mol. The number of rotatable bonds is 6. The molecule has 1 atom stereocenters. The molecule has 2 aliphatic rings. The summed E-state index contributed by atoms with van der Waals surface area (Å²) in [6.45, 7) is 0.519. The Bertz CT molecular complexity index is 1360. The SMILES string of the molecule is CN1c2nc(NCc3ccc(Oc4ccc(C(F)(F)F)nc4)nc3)nc3c2N(CCC3)C(=O)C1CC(F)(F)F. The summed E-state index contributed by atoms with van der Waals surface area (Å²) in [5.41, 5.74) is 0.664. The number of amides is 1. The molecule has 9 nitrogen and oxygen atoms in total. The topological polar surface area (TPSA) is 96.4 Å². The normalized spacial score (nSPS) is 17.2. The van der Waals surface area contributed by atoms with Crippen molar-refractivity contribution in [2.75, 3.05) is 28.7 Å². The minimum Gasteiger partial charge on any atom is -0.437 e. The number of ether oxygens (including phenoxy) is 1. The number of aryl methyl sites for hydroxylation is 1. The van der Waals surface area contributed by atoms with Crippen molar-refractivity contribution in [3.05, 3.63) is 53.6 Å². The van der Waals surface area contributed by atoms with E-state index in [1.54, 1.807) is 6.07 Å². The lowest BCUT2D eigenvalue weighted by Gasteiger charge is -2.42. The van der Waals surface area contributed by atoms with Crippen LogP contribution in [0.25, 0.3) is 0 Å². The quantitative estimate of drug-likeness (QED) is 0.438. The minimum absolute atomic E-state index is 0.0817. The molecular formula is C24H21F6N7O2. The molecule has 0 saturated heterocycles. The molecule has 3 aromatic rings. The highest BCUT2D eigenvalue weighted by atomic mass is 19.4. The monoisotopic (exact) mass is 553 g/mol. The van der Waals surface area contributed by atoms with Gasteiger partial charge in [-0.2, -0.15) is 31.3 Å². The van der Waals surface area contributed by atoms with Crippen LogP contribution in [0.5, 0.6) is 11.6 Å². The number of nitrogens with one attached hydrogen (secondary N) is 1. The molecule has 206 valence electrons. The first-order valence-corrected chi connectivity index (χ1v) is 11.8. The first-order chi connectivity index (χ1) is 18.4. The molecule has 0 radical (unpaired) electrons. The maximum atomic E-state index is 13.2. The largest absolute Gasteiger partial charge is 0.437 e. The lowest BCUT2D eigenvalue weighted by molar-refractivity contribution is -0.146. The van der Waals surface area contributed by atoms with Gasteiger partial charge in [-0.3, -0.25) is 4.79 Å². The Morgan fingerprint density at radius 1 is 1.05 bits per heavy atom. The lowest BCUT2D eigenvalue weighted by atomic mass is 10.0. The summed E-state index contributed by atoms with van der Waals surface area (Å²) in [6, 6.07) is 3.71. The third kappa shape index (κ3) is 5.66. The van der Waals surface area contributed by atoms with Crippen LogP contribution in [0.15, 0.2) is 36.7 Å². The molecule has 39 heavy (non-hydrogen) atoms. The minimum atomic E-state index is -4.55. The number of carbonyl (C=O) groups is 1. The lowest BCUT2D eigenvalue weighted by Crippen LogP contribution is -2.55. The van der Waals surface area contributed by atoms with Crippen molar-refractivity contribution in [1.82, 2.24) is 19.9 Å². The number of nitrogens with zero attached hydrogens (tertiary/aromatic N) is 6. The van der Waals surface area contributed by atoms with Crippen molar-refractivity contribution in [3.8, 4) is 11.6 Å². The van der Waals surface area contributed by atoms with Crippen molar-refractivity contribution in [2.45, 2.75) is 44.2 Å². The first kappa shape index (κ1) is 26.4. The fraction of sp³-hybridized carbons (Fsp3) is 0.375. The third-order valence-corrected chi connectivity index (χ3v) is 6.28. The Balaban J connectivity index is 1.29. The molecule has 1 amide bonds. The Morgan fingerprint density at radius 2 is 1.85 bits per heavy atom. The van der Waals surface area contributed by atoms with Crippen LogP contribution in [0.1, 0.15) is 29.8 Å². The average molecular weight is 553 g/mol. The van der Waals surface area contributed by atoms with Gasteiger partial charge in [-0.25, -0.2) is 15.0 Å². The summed E-state index contributed by atoms with van der Waals surface area (Å²) >= 11 is 0. The van der Waals surface area contributed by atoms with Gasteiger partial charge in [-0.05, 0) is 30.5 Å². The van der Waals surface area contributed by atoms with E-state index in [4.69, 9.17) is 4.74 Å². The molecule has 0 aliphatic carbocycles. The number of halogens is 6. The van der Waals surface area contributed by atoms with E-state index in [0.29, 0.717) is 36.3 Å². The zero-order chi connectivity index (χ0) is 27.9. The third-order valence-electron chi connectivity index (χ3n) is 6.28. The van der Waals surface area contributed by atoms with Crippen LogP contribution < -0.4 is 19.9 Å². The van der Waals surface area contributed by atoms with Gasteiger partial charge in [0.1, 0.15) is 23.2 Å². The number of likely N-dealkylation sites (N-methyl/N-ethyl adjacent to an activating group) is 1. The number of aromatic nitrogens is 4. The summed E-state index contributed by atoms with van der Waals surface area (Å²) in [6.07, 6.45) is -6.82. The van der Waals surface area contributed by atoms with Crippen LogP contribution >= 0.6 is 0 Å². The van der Waals surface area contributed by atoms with Crippen molar-refractivity contribution >= 4 is 23.4 Å². The van der Waals surface area contributed by atoms with Gasteiger partial charge >= 0.3 is 12.4 Å². The average Bonchev–Trinajstić information content (AvgIpc) is 2.88. The van der Waals surface area contributed by atoms with Crippen molar-refractivity contribution in [2.24, 2.45) is 0 Å². The van der Waals surface area contributed by atoms with Gasteiger partial charge in [-0.1, -0.05) is 6.07 Å². The standard InChI is InChI=1S/C24H21F6N7O2/c1-36-16(9-23(25,26)27)21(38)37-8-2-3-15-19(37)20(36)35-22(34-15)33-11-13-4-7-18(32-10-13)39-14-5-6-17(31-12-14)24(28,29)30/h4-7,10,12,16H,2-3,8-9,11H2,1H3,(H,33,34,35). The molecule has 1 unspecified atom stereocenters. The Morgan fingerprint density at radius 3 is 2.49 bits per heavy atom. The van der Waals surface area contributed by atoms with Crippen molar-refractivity contribution in [3.63, 3.8) is 0 Å². The fourth-order valence-electron chi connectivity index (χ4n) is 4.42. The van der Waals surface area contributed by atoms with Gasteiger partial charge in [0.25, 0.3) is 0 Å². The van der Waals surface area contributed by atoms with E-state index >= 15 is 0 Å². The molecule has 0 aromatic carbocycles. The van der Waals surface area contributed by atoms with Gasteiger partial charge in [0.05, 0.1) is 18.3 Å². The highest BCUT2D eigenvalue weighted by molar-refractivity contribution is 6.05. The smallest absolute Gasteiger partial charge is 0.433 e. The van der Waals surface area contributed by atoms with Crippen LogP contribution in [-0.2, 0) is 23.9 Å². The number of anilines is 3. The molecule has 15 heteroatoms. The van der Waals surface area contributed by atoms with E-state index in [9.17, 15) is 31.1 Å². The van der Waals surface area contributed by atoms with Crippen LogP contribution in [-0.4, -0.2) is 51.7 Å². The molecule has 0 spiro atoms. The van der Waals surface area contributed by atoms with E-state index in [2.05, 4.69) is 25.3 Å². The van der Waals surface area contributed by atoms with Crippen molar-refractivity contribution < 1.29 is 35.9 Å². The molecule has 3 aromatic heterocycles. The number of alkyl halides is 6. The van der Waals surface area contributed by atoms with Crippen LogP contribution in [0, 0.1) is 0 Å². The zero-order valence-electron chi connectivity index (χ0n) is 20.3. The maximum absolute atomic E-state index is 13.2. The molecule has 5 rings (SSSR count). The van der Waals surface area contributed by atoms with E-state index in [-0.39, 0.29) is 29.9 Å². The van der Waals surface area contributed by atoms with Gasteiger partial charge in [-0.15, -0.1) is 0 Å². The van der Waals surface area contributed by atoms with E-state index in [0.717, 1.165) is 18.3 Å². The van der Waals surface area contributed by atoms with Crippen molar-refractivity contribution in [1.29, 1.82) is 0 Å². The Kier molecular flexibility index (Phi) is 6.68. The highest BCUT2D eigenvalue weighted by Crippen LogP contribution is 2.42. The fourth-order valence-corrected chi connectivity index (χ4v) is 4.42. The summed E-state index contributed by atoms with van der Waals surface area (Å²) in [7, 11) is 1.42. The summed E-state index contributed by atoms with van der Waals surface area (Å²) in [5, 5.41) is 3.04. The number of hydrogen-bond donors (Lipinski definition) is 1. The van der Waals surface area contributed by atoms with Crippen LogP contribution in [0.2, 0.25) is 0 Å². The van der Waals surface area contributed by atoms with Gasteiger partial charge in [0, 0.05) is 32.4 Å². The number of pyridine rings is 2. The summed E-state index contributed by atoms with van der Waals surface area (Å²) in [4.78, 5) is 31.8. The Labute approximate surface area is 217 Å². The van der Waals surface area contributed by atoms with E-state index < -0.39 is 36.4 Å². The predicted molar refractivity (Wildman–Crippen MR) is 126 cm³/mol. The van der Waals surface area contributed by atoms with Gasteiger partial charge in [0.15, 0.2) is 5.82 Å². The number of hydrogen-bond acceptors (Lipinski definition) is 8. The zero-order valence-corrected chi connectivity index (χ0v) is 20.3. The second kappa shape index (κ2) is 9.85. The molecule has 0 saturated carbocycles. The highest BCUT2D eigenvalue weighted by Gasteiger charge is 2.46. The second-order valence-corrected chi connectivity index (χ2v) is 9.04. The molecule has 2 aliphatic heterocycles. The second-order valence-electron chi connectivity index (χ2n) is 9.04. The Hall–Kier alpha value is -4.17. The van der Waals surface area contributed by atoms with Crippen LogP contribution in [0.3, 0.4) is 0 Å².